The zero-order valence-corrected chi connectivity index (χ0v) is 10.9. The van der Waals surface area contributed by atoms with Gasteiger partial charge in [0.1, 0.15) is 0 Å². The molecule has 1 fully saturated rings. The van der Waals surface area contributed by atoms with Gasteiger partial charge in [-0.1, -0.05) is 46.0 Å². The summed E-state index contributed by atoms with van der Waals surface area (Å²) < 4.78 is 0. The Morgan fingerprint density at radius 1 is 1.07 bits per heavy atom. The molecule has 0 radical (unpaired) electrons. The van der Waals surface area contributed by atoms with Crippen LogP contribution in [0.2, 0.25) is 0 Å². The normalized spacial score (nSPS) is 20.0. The Balaban J connectivity index is 2.10. The van der Waals surface area contributed by atoms with Gasteiger partial charge in [-0.2, -0.15) is 0 Å². The van der Waals surface area contributed by atoms with Gasteiger partial charge in [-0.05, 0) is 38.1 Å². The van der Waals surface area contributed by atoms with Crippen molar-refractivity contribution in [3.8, 4) is 0 Å². The molecule has 15 heavy (non-hydrogen) atoms. The lowest BCUT2D eigenvalue weighted by atomic mass is 9.92. The van der Waals surface area contributed by atoms with Crippen LogP contribution in [-0.4, -0.2) is 13.1 Å². The number of rotatable bonds is 7. The summed E-state index contributed by atoms with van der Waals surface area (Å²) in [5.74, 6) is 1.86. The van der Waals surface area contributed by atoms with Crippen LogP contribution in [0, 0.1) is 11.8 Å². The van der Waals surface area contributed by atoms with Crippen molar-refractivity contribution in [1.82, 2.24) is 5.32 Å². The third-order valence-electron chi connectivity index (χ3n) is 3.89. The van der Waals surface area contributed by atoms with Gasteiger partial charge in [-0.25, -0.2) is 0 Å². The smallest absolute Gasteiger partial charge is 0.00923 e. The minimum atomic E-state index is 0.805. The Labute approximate surface area is 96.0 Å². The van der Waals surface area contributed by atoms with Gasteiger partial charge in [0, 0.05) is 6.04 Å². The summed E-state index contributed by atoms with van der Waals surface area (Å²) in [6.45, 7) is 4.65. The van der Waals surface area contributed by atoms with E-state index in [2.05, 4.69) is 26.2 Å². The summed E-state index contributed by atoms with van der Waals surface area (Å²) in [7, 11) is 2.14. The second-order valence-electron chi connectivity index (χ2n) is 5.62. The SMILES string of the molecule is CNC(CCCCC(C)C)C1CCCC1. The van der Waals surface area contributed by atoms with Gasteiger partial charge in [0.25, 0.3) is 0 Å². The predicted octanol–water partition coefficient (Wildman–Crippen LogP) is 3.98. The second kappa shape index (κ2) is 7.27. The average Bonchev–Trinajstić information content (AvgIpc) is 2.70. The van der Waals surface area contributed by atoms with E-state index in [0.717, 1.165) is 17.9 Å². The average molecular weight is 211 g/mol. The fourth-order valence-electron chi connectivity index (χ4n) is 2.89. The molecule has 0 spiro atoms. The summed E-state index contributed by atoms with van der Waals surface area (Å²) in [5, 5.41) is 3.53. The molecule has 0 amide bonds. The standard InChI is InChI=1S/C14H29N/c1-12(2)8-4-7-11-14(15-3)13-9-5-6-10-13/h12-15H,4-11H2,1-3H3. The van der Waals surface area contributed by atoms with Gasteiger partial charge in [-0.15, -0.1) is 0 Å². The van der Waals surface area contributed by atoms with Crippen molar-refractivity contribution in [2.24, 2.45) is 11.8 Å². The van der Waals surface area contributed by atoms with Crippen molar-refractivity contribution in [1.29, 1.82) is 0 Å². The van der Waals surface area contributed by atoms with E-state index in [1.807, 2.05) is 0 Å². The number of unbranched alkanes of at least 4 members (excludes halogenated alkanes) is 1. The molecular formula is C14H29N. The molecular weight excluding hydrogens is 182 g/mol. The highest BCUT2D eigenvalue weighted by atomic mass is 14.9. The van der Waals surface area contributed by atoms with Gasteiger partial charge < -0.3 is 5.32 Å². The first-order valence-corrected chi connectivity index (χ1v) is 6.91. The van der Waals surface area contributed by atoms with Crippen LogP contribution < -0.4 is 5.32 Å². The van der Waals surface area contributed by atoms with Gasteiger partial charge in [0.2, 0.25) is 0 Å². The lowest BCUT2D eigenvalue weighted by Crippen LogP contribution is -2.32. The maximum atomic E-state index is 3.53. The van der Waals surface area contributed by atoms with E-state index < -0.39 is 0 Å². The third-order valence-corrected chi connectivity index (χ3v) is 3.89. The van der Waals surface area contributed by atoms with E-state index in [-0.39, 0.29) is 0 Å². The summed E-state index contributed by atoms with van der Waals surface area (Å²) >= 11 is 0. The maximum Gasteiger partial charge on any atom is 0.00923 e. The summed E-state index contributed by atoms with van der Waals surface area (Å²) in [6, 6.07) is 0.805. The van der Waals surface area contributed by atoms with E-state index in [1.165, 1.54) is 51.4 Å². The highest BCUT2D eigenvalue weighted by Crippen LogP contribution is 2.29. The molecule has 1 atom stereocenters. The van der Waals surface area contributed by atoms with Crippen LogP contribution in [0.25, 0.3) is 0 Å². The minimum Gasteiger partial charge on any atom is -0.317 e. The summed E-state index contributed by atoms with van der Waals surface area (Å²) in [6.07, 6.45) is 11.5. The Morgan fingerprint density at radius 3 is 2.20 bits per heavy atom. The molecule has 1 N–H and O–H groups in total. The highest BCUT2D eigenvalue weighted by Gasteiger charge is 2.22. The van der Waals surface area contributed by atoms with Gasteiger partial charge in [0.05, 0.1) is 0 Å². The van der Waals surface area contributed by atoms with E-state index in [1.54, 1.807) is 0 Å². The summed E-state index contributed by atoms with van der Waals surface area (Å²) in [5.41, 5.74) is 0. The lowest BCUT2D eigenvalue weighted by Gasteiger charge is -2.22. The molecule has 0 aromatic carbocycles. The number of hydrogen-bond acceptors (Lipinski definition) is 1. The predicted molar refractivity (Wildman–Crippen MR) is 68.1 cm³/mol. The largest absolute Gasteiger partial charge is 0.317 e. The number of hydrogen-bond donors (Lipinski definition) is 1. The topological polar surface area (TPSA) is 12.0 Å². The van der Waals surface area contributed by atoms with Crippen molar-refractivity contribution >= 4 is 0 Å². The van der Waals surface area contributed by atoms with Crippen LogP contribution in [-0.2, 0) is 0 Å². The Kier molecular flexibility index (Phi) is 6.31. The first-order chi connectivity index (χ1) is 7.24. The first kappa shape index (κ1) is 13.0. The molecule has 1 saturated carbocycles. The van der Waals surface area contributed by atoms with Gasteiger partial charge in [0.15, 0.2) is 0 Å². The molecule has 1 rings (SSSR count). The quantitative estimate of drug-likeness (QED) is 0.628. The molecule has 1 nitrogen and oxygen atoms in total. The molecule has 0 aliphatic heterocycles. The van der Waals surface area contributed by atoms with Crippen LogP contribution in [0.15, 0.2) is 0 Å². The molecule has 0 heterocycles. The van der Waals surface area contributed by atoms with Crippen molar-refractivity contribution < 1.29 is 0 Å². The van der Waals surface area contributed by atoms with Crippen molar-refractivity contribution in [3.05, 3.63) is 0 Å². The van der Waals surface area contributed by atoms with Gasteiger partial charge >= 0.3 is 0 Å². The maximum absolute atomic E-state index is 3.53. The molecule has 1 heteroatoms. The third kappa shape index (κ3) is 5.01. The Morgan fingerprint density at radius 2 is 1.67 bits per heavy atom. The van der Waals surface area contributed by atoms with E-state index >= 15 is 0 Å². The van der Waals surface area contributed by atoms with Crippen molar-refractivity contribution in [3.63, 3.8) is 0 Å². The first-order valence-electron chi connectivity index (χ1n) is 6.91. The fraction of sp³-hybridized carbons (Fsp3) is 1.00. The molecule has 1 unspecified atom stereocenters. The van der Waals surface area contributed by atoms with Crippen LogP contribution in [0.1, 0.15) is 65.2 Å². The molecule has 0 aromatic heterocycles. The van der Waals surface area contributed by atoms with E-state index in [9.17, 15) is 0 Å². The molecule has 90 valence electrons. The van der Waals surface area contributed by atoms with E-state index in [0.29, 0.717) is 0 Å². The second-order valence-corrected chi connectivity index (χ2v) is 5.62. The van der Waals surface area contributed by atoms with Crippen LogP contribution in [0.4, 0.5) is 0 Å². The molecule has 0 aromatic rings. The fourth-order valence-corrected chi connectivity index (χ4v) is 2.89. The monoisotopic (exact) mass is 211 g/mol. The summed E-state index contributed by atoms with van der Waals surface area (Å²) in [4.78, 5) is 0. The molecule has 0 bridgehead atoms. The Hall–Kier alpha value is -0.0400. The Bertz CT molecular complexity index is 147. The van der Waals surface area contributed by atoms with Crippen LogP contribution >= 0.6 is 0 Å². The minimum absolute atomic E-state index is 0.805. The lowest BCUT2D eigenvalue weighted by molar-refractivity contribution is 0.345. The number of nitrogens with one attached hydrogen (secondary N) is 1. The van der Waals surface area contributed by atoms with Gasteiger partial charge in [-0.3, -0.25) is 0 Å². The zero-order chi connectivity index (χ0) is 11.1. The molecule has 0 saturated heterocycles. The highest BCUT2D eigenvalue weighted by molar-refractivity contribution is 4.79. The van der Waals surface area contributed by atoms with Crippen LogP contribution in [0.5, 0.6) is 0 Å². The molecule has 1 aliphatic carbocycles. The van der Waals surface area contributed by atoms with E-state index in [4.69, 9.17) is 0 Å². The van der Waals surface area contributed by atoms with Crippen molar-refractivity contribution in [2.75, 3.05) is 7.05 Å². The van der Waals surface area contributed by atoms with Crippen molar-refractivity contribution in [2.45, 2.75) is 71.3 Å². The zero-order valence-electron chi connectivity index (χ0n) is 10.9. The van der Waals surface area contributed by atoms with Crippen LogP contribution in [0.3, 0.4) is 0 Å². The molecule has 1 aliphatic rings.